The third kappa shape index (κ3) is 2.34. The molecule has 0 aliphatic rings. The predicted octanol–water partition coefficient (Wildman–Crippen LogP) is 5.33. The summed E-state index contributed by atoms with van der Waals surface area (Å²) in [7, 11) is 0. The molecule has 0 saturated heterocycles. The lowest BCUT2D eigenvalue weighted by molar-refractivity contribution is 0.823. The number of fused-ring (bicyclic) bond motifs is 1. The molecule has 92 valence electrons. The number of aromatic amines is 1. The Morgan fingerprint density at radius 2 is 2.06 bits per heavy atom. The summed E-state index contributed by atoms with van der Waals surface area (Å²) in [6.45, 7) is 0.797. The van der Waals surface area contributed by atoms with Gasteiger partial charge in [0.25, 0.3) is 0 Å². The van der Waals surface area contributed by atoms with Crippen molar-refractivity contribution in [2.24, 2.45) is 0 Å². The number of H-pyrrole nitrogens is 1. The first-order chi connectivity index (χ1) is 8.63. The SMILES string of the molecule is S=c1[nH]c2ccc(Br)cc2n1Cc1ccc(Br)s1. The van der Waals surface area contributed by atoms with Gasteiger partial charge in [-0.15, -0.1) is 11.3 Å². The van der Waals surface area contributed by atoms with E-state index in [0.717, 1.165) is 30.6 Å². The van der Waals surface area contributed by atoms with Gasteiger partial charge in [0.2, 0.25) is 0 Å². The summed E-state index contributed by atoms with van der Waals surface area (Å²) in [6, 6.07) is 10.3. The minimum absolute atomic E-state index is 0.757. The topological polar surface area (TPSA) is 20.7 Å². The number of rotatable bonds is 2. The van der Waals surface area contributed by atoms with Crippen LogP contribution in [-0.4, -0.2) is 9.55 Å². The standard InChI is InChI=1S/C12H8Br2N2S2/c13-7-1-3-9-10(5-7)16(12(17)15-9)6-8-2-4-11(14)18-8/h1-5H,6H2,(H,15,17). The van der Waals surface area contributed by atoms with Crippen LogP contribution in [-0.2, 0) is 6.54 Å². The summed E-state index contributed by atoms with van der Waals surface area (Å²) < 4.78 is 5.08. The smallest absolute Gasteiger partial charge is 0.178 e. The Morgan fingerprint density at radius 1 is 1.22 bits per heavy atom. The maximum atomic E-state index is 5.39. The van der Waals surface area contributed by atoms with E-state index in [0.29, 0.717) is 0 Å². The number of imidazole rings is 1. The zero-order valence-corrected chi connectivity index (χ0v) is 13.9. The van der Waals surface area contributed by atoms with Crippen molar-refractivity contribution in [2.75, 3.05) is 0 Å². The van der Waals surface area contributed by atoms with Crippen LogP contribution >= 0.6 is 55.4 Å². The highest BCUT2D eigenvalue weighted by molar-refractivity contribution is 9.11. The van der Waals surface area contributed by atoms with Gasteiger partial charge in [-0.3, -0.25) is 0 Å². The third-order valence-electron chi connectivity index (χ3n) is 2.68. The zero-order valence-electron chi connectivity index (χ0n) is 9.11. The number of aromatic nitrogens is 2. The van der Waals surface area contributed by atoms with Gasteiger partial charge in [-0.1, -0.05) is 15.9 Å². The van der Waals surface area contributed by atoms with Crippen LogP contribution in [0.2, 0.25) is 0 Å². The van der Waals surface area contributed by atoms with Gasteiger partial charge in [0, 0.05) is 9.35 Å². The van der Waals surface area contributed by atoms with Crippen molar-refractivity contribution in [3.05, 3.63) is 48.2 Å². The minimum Gasteiger partial charge on any atom is -0.331 e. The Labute approximate surface area is 130 Å². The van der Waals surface area contributed by atoms with Crippen LogP contribution in [0, 0.1) is 4.77 Å². The van der Waals surface area contributed by atoms with Crippen molar-refractivity contribution in [3.63, 3.8) is 0 Å². The second kappa shape index (κ2) is 4.92. The Morgan fingerprint density at radius 3 is 2.78 bits per heavy atom. The molecule has 0 spiro atoms. The van der Waals surface area contributed by atoms with E-state index >= 15 is 0 Å². The third-order valence-corrected chi connectivity index (χ3v) is 5.10. The summed E-state index contributed by atoms with van der Waals surface area (Å²) in [6.07, 6.45) is 0. The van der Waals surface area contributed by atoms with Gasteiger partial charge in [-0.2, -0.15) is 0 Å². The van der Waals surface area contributed by atoms with Gasteiger partial charge >= 0.3 is 0 Å². The normalized spacial score (nSPS) is 11.2. The number of hydrogen-bond acceptors (Lipinski definition) is 2. The summed E-state index contributed by atoms with van der Waals surface area (Å²) in [4.78, 5) is 4.51. The molecule has 1 N–H and O–H groups in total. The minimum atomic E-state index is 0.757. The fraction of sp³-hybridized carbons (Fsp3) is 0.0833. The second-order valence-electron chi connectivity index (χ2n) is 3.88. The summed E-state index contributed by atoms with van der Waals surface area (Å²) >= 11 is 14.1. The van der Waals surface area contributed by atoms with Crippen LogP contribution in [0.5, 0.6) is 0 Å². The van der Waals surface area contributed by atoms with Gasteiger partial charge < -0.3 is 9.55 Å². The molecule has 0 unspecified atom stereocenters. The van der Waals surface area contributed by atoms with E-state index in [4.69, 9.17) is 12.2 Å². The molecule has 0 saturated carbocycles. The molecule has 0 aliphatic carbocycles. The zero-order chi connectivity index (χ0) is 12.7. The number of thiophene rings is 1. The molecule has 0 atom stereocenters. The number of halogens is 2. The Bertz CT molecular complexity index is 770. The van der Waals surface area contributed by atoms with Gasteiger partial charge in [-0.25, -0.2) is 0 Å². The lowest BCUT2D eigenvalue weighted by Gasteiger charge is -2.02. The van der Waals surface area contributed by atoms with E-state index in [-0.39, 0.29) is 0 Å². The van der Waals surface area contributed by atoms with Crippen LogP contribution in [0.3, 0.4) is 0 Å². The molecule has 2 aromatic heterocycles. The molecule has 0 fully saturated rings. The van der Waals surface area contributed by atoms with E-state index in [1.165, 1.54) is 4.88 Å². The lowest BCUT2D eigenvalue weighted by Crippen LogP contribution is -1.97. The highest BCUT2D eigenvalue weighted by Gasteiger charge is 2.07. The number of nitrogens with one attached hydrogen (secondary N) is 1. The van der Waals surface area contributed by atoms with Crippen LogP contribution < -0.4 is 0 Å². The summed E-state index contributed by atoms with van der Waals surface area (Å²) in [5.41, 5.74) is 2.19. The number of benzene rings is 1. The van der Waals surface area contributed by atoms with Crippen molar-refractivity contribution in [3.8, 4) is 0 Å². The molecule has 3 aromatic rings. The second-order valence-corrected chi connectivity index (χ2v) is 7.73. The molecule has 2 nitrogen and oxygen atoms in total. The van der Waals surface area contributed by atoms with Gasteiger partial charge in [0.15, 0.2) is 4.77 Å². The van der Waals surface area contributed by atoms with Crippen molar-refractivity contribution in [1.29, 1.82) is 0 Å². The van der Waals surface area contributed by atoms with Gasteiger partial charge in [-0.05, 0) is 58.5 Å². The van der Waals surface area contributed by atoms with Crippen molar-refractivity contribution >= 4 is 66.4 Å². The van der Waals surface area contributed by atoms with Crippen molar-refractivity contribution in [1.82, 2.24) is 9.55 Å². The molecule has 2 heterocycles. The Kier molecular flexibility index (Phi) is 3.44. The van der Waals surface area contributed by atoms with Crippen LogP contribution in [0.15, 0.2) is 38.6 Å². The first-order valence-electron chi connectivity index (χ1n) is 5.26. The highest BCUT2D eigenvalue weighted by Crippen LogP contribution is 2.25. The quantitative estimate of drug-likeness (QED) is 0.573. The molecule has 0 amide bonds. The number of hydrogen-bond donors (Lipinski definition) is 1. The van der Waals surface area contributed by atoms with Crippen LogP contribution in [0.25, 0.3) is 11.0 Å². The molecule has 3 rings (SSSR count). The Hall–Kier alpha value is -0.430. The molecule has 6 heteroatoms. The molecular weight excluding hydrogens is 396 g/mol. The largest absolute Gasteiger partial charge is 0.331 e. The van der Waals surface area contributed by atoms with Gasteiger partial charge in [0.05, 0.1) is 21.4 Å². The average Bonchev–Trinajstić information content (AvgIpc) is 2.86. The Balaban J connectivity index is 2.13. The fourth-order valence-electron chi connectivity index (χ4n) is 1.88. The average molecular weight is 404 g/mol. The van der Waals surface area contributed by atoms with E-state index in [1.807, 2.05) is 12.1 Å². The van der Waals surface area contributed by atoms with Crippen LogP contribution in [0.1, 0.15) is 4.88 Å². The number of nitrogens with zero attached hydrogens (tertiary/aromatic N) is 1. The highest BCUT2D eigenvalue weighted by atomic mass is 79.9. The maximum absolute atomic E-state index is 5.39. The summed E-state index contributed by atoms with van der Waals surface area (Å²) in [5, 5.41) is 0. The predicted molar refractivity (Wildman–Crippen MR) is 85.9 cm³/mol. The first-order valence-corrected chi connectivity index (χ1v) is 8.07. The molecular formula is C12H8Br2N2S2. The van der Waals surface area contributed by atoms with Crippen molar-refractivity contribution < 1.29 is 0 Å². The van der Waals surface area contributed by atoms with Gasteiger partial charge in [0.1, 0.15) is 0 Å². The lowest BCUT2D eigenvalue weighted by atomic mass is 10.3. The maximum Gasteiger partial charge on any atom is 0.178 e. The molecule has 0 aliphatic heterocycles. The first kappa shape index (κ1) is 12.6. The molecule has 1 aromatic carbocycles. The van der Waals surface area contributed by atoms with E-state index < -0.39 is 0 Å². The van der Waals surface area contributed by atoms with E-state index in [9.17, 15) is 0 Å². The van der Waals surface area contributed by atoms with E-state index in [1.54, 1.807) is 11.3 Å². The molecule has 18 heavy (non-hydrogen) atoms. The molecule has 0 bridgehead atoms. The molecule has 0 radical (unpaired) electrons. The van der Waals surface area contributed by atoms with E-state index in [2.05, 4.69) is 59.6 Å². The summed E-state index contributed by atoms with van der Waals surface area (Å²) in [5.74, 6) is 0. The van der Waals surface area contributed by atoms with Crippen molar-refractivity contribution in [2.45, 2.75) is 6.54 Å². The monoisotopic (exact) mass is 402 g/mol. The van der Waals surface area contributed by atoms with Crippen LogP contribution in [0.4, 0.5) is 0 Å². The fourth-order valence-corrected chi connectivity index (χ4v) is 3.97.